The van der Waals surface area contributed by atoms with Crippen LogP contribution in [0.4, 0.5) is 4.39 Å². The smallest absolute Gasteiger partial charge is 0.246 e. The van der Waals surface area contributed by atoms with Crippen molar-refractivity contribution < 1.29 is 23.6 Å². The third-order valence-electron chi connectivity index (χ3n) is 9.30. The first kappa shape index (κ1) is 35.2. The number of primary amides is 1. The van der Waals surface area contributed by atoms with E-state index in [-0.39, 0.29) is 37.5 Å². The van der Waals surface area contributed by atoms with Crippen molar-refractivity contribution in [2.24, 2.45) is 17.6 Å². The summed E-state index contributed by atoms with van der Waals surface area (Å²) >= 11 is 12.8. The molecule has 0 aliphatic heterocycles. The number of rotatable bonds is 13. The lowest BCUT2D eigenvalue weighted by molar-refractivity contribution is -0.138. The zero-order valence-electron chi connectivity index (χ0n) is 26.6. The van der Waals surface area contributed by atoms with Crippen molar-refractivity contribution in [3.63, 3.8) is 0 Å². The summed E-state index contributed by atoms with van der Waals surface area (Å²) in [4.78, 5) is 57.2. The quantitative estimate of drug-likeness (QED) is 0.171. The summed E-state index contributed by atoms with van der Waals surface area (Å²) in [6.45, 7) is 7.44. The molecule has 0 radical (unpaired) electrons. The van der Waals surface area contributed by atoms with Crippen LogP contribution in [0.2, 0.25) is 10.0 Å². The van der Waals surface area contributed by atoms with Gasteiger partial charge in [0.2, 0.25) is 23.6 Å². The lowest BCUT2D eigenvalue weighted by Gasteiger charge is -2.39. The molecule has 1 aliphatic rings. The van der Waals surface area contributed by atoms with Gasteiger partial charge in [-0.25, -0.2) is 4.39 Å². The normalized spacial score (nSPS) is 18.6. The summed E-state index contributed by atoms with van der Waals surface area (Å²) in [5, 5.41) is 10.2. The molecule has 5 atom stereocenters. The molecule has 4 rings (SSSR count). The number of hydrogen-bond acceptors (Lipinski definition) is 4. The van der Waals surface area contributed by atoms with Crippen molar-refractivity contribution >= 4 is 57.7 Å². The molecule has 0 bridgehead atoms. The molecule has 4 amide bonds. The number of aryl methyl sites for hydroxylation is 2. The first-order valence-electron chi connectivity index (χ1n) is 15.7. The minimum atomic E-state index is -1.49. The summed E-state index contributed by atoms with van der Waals surface area (Å²) in [5.41, 5.74) is 6.93. The Morgan fingerprint density at radius 2 is 1.70 bits per heavy atom. The van der Waals surface area contributed by atoms with Gasteiger partial charge >= 0.3 is 0 Å². The number of hydrogen-bond donors (Lipinski definition) is 5. The summed E-state index contributed by atoms with van der Waals surface area (Å²) in [6.07, 6.45) is 1.96. The van der Waals surface area contributed by atoms with Gasteiger partial charge in [-0.05, 0) is 60.4 Å². The second-order valence-electron chi connectivity index (χ2n) is 12.4. The summed E-state index contributed by atoms with van der Waals surface area (Å²) in [6, 6.07) is 7.69. The van der Waals surface area contributed by atoms with Crippen LogP contribution in [-0.2, 0) is 38.4 Å². The van der Waals surface area contributed by atoms with E-state index in [0.717, 1.165) is 16.6 Å². The summed E-state index contributed by atoms with van der Waals surface area (Å²) in [5.74, 6) is -3.12. The first-order valence-corrected chi connectivity index (χ1v) is 16.5. The van der Waals surface area contributed by atoms with Crippen molar-refractivity contribution in [3.8, 4) is 0 Å². The van der Waals surface area contributed by atoms with E-state index in [1.165, 1.54) is 6.07 Å². The number of H-pyrrole nitrogens is 1. The Morgan fingerprint density at radius 3 is 2.35 bits per heavy atom. The van der Waals surface area contributed by atoms with Crippen LogP contribution >= 0.6 is 23.2 Å². The number of aromatic nitrogens is 1. The molecular formula is C34H42Cl2FN5O4. The summed E-state index contributed by atoms with van der Waals surface area (Å²) in [7, 11) is 0. The van der Waals surface area contributed by atoms with E-state index in [0.29, 0.717) is 40.4 Å². The Labute approximate surface area is 278 Å². The molecule has 0 spiro atoms. The van der Waals surface area contributed by atoms with Crippen LogP contribution in [0.1, 0.15) is 70.2 Å². The molecule has 1 aromatic heterocycles. The highest BCUT2D eigenvalue weighted by molar-refractivity contribution is 6.38. The van der Waals surface area contributed by atoms with Crippen LogP contribution in [0.25, 0.3) is 10.9 Å². The molecule has 0 saturated heterocycles. The van der Waals surface area contributed by atoms with Gasteiger partial charge in [0.05, 0.1) is 10.5 Å². The largest absolute Gasteiger partial charge is 0.368 e. The van der Waals surface area contributed by atoms with Gasteiger partial charge in [0.25, 0.3) is 0 Å². The average Bonchev–Trinajstić information content (AvgIpc) is 3.38. The molecule has 0 fully saturated rings. The Bertz CT molecular complexity index is 1630. The number of fused-ring (bicyclic) bond motifs is 3. The van der Waals surface area contributed by atoms with Crippen molar-refractivity contribution in [2.45, 2.75) is 90.3 Å². The monoisotopic (exact) mass is 673 g/mol. The molecule has 6 N–H and O–H groups in total. The maximum atomic E-state index is 14.2. The Balaban J connectivity index is 1.66. The van der Waals surface area contributed by atoms with Crippen LogP contribution in [-0.4, -0.2) is 46.2 Å². The van der Waals surface area contributed by atoms with Gasteiger partial charge in [-0.1, -0.05) is 81.9 Å². The zero-order valence-corrected chi connectivity index (χ0v) is 28.1. The van der Waals surface area contributed by atoms with Gasteiger partial charge in [-0.2, -0.15) is 0 Å². The molecule has 3 aromatic rings. The van der Waals surface area contributed by atoms with Crippen LogP contribution in [0.3, 0.4) is 0 Å². The maximum Gasteiger partial charge on any atom is 0.246 e. The van der Waals surface area contributed by atoms with Crippen molar-refractivity contribution in [2.75, 3.05) is 0 Å². The molecule has 1 aliphatic carbocycles. The van der Waals surface area contributed by atoms with E-state index in [2.05, 4.69) is 20.9 Å². The zero-order chi connectivity index (χ0) is 33.8. The molecule has 9 nitrogen and oxygen atoms in total. The highest BCUT2D eigenvalue weighted by Crippen LogP contribution is 2.38. The minimum absolute atomic E-state index is 0.0256. The lowest BCUT2D eigenvalue weighted by Crippen LogP contribution is -2.67. The highest BCUT2D eigenvalue weighted by Gasteiger charge is 2.46. The van der Waals surface area contributed by atoms with Gasteiger partial charge in [0, 0.05) is 28.9 Å². The third-order valence-corrected chi connectivity index (χ3v) is 9.81. The van der Waals surface area contributed by atoms with Crippen LogP contribution < -0.4 is 21.7 Å². The number of nitrogens with two attached hydrogens (primary N) is 1. The maximum absolute atomic E-state index is 14.2. The van der Waals surface area contributed by atoms with E-state index >= 15 is 0 Å². The van der Waals surface area contributed by atoms with E-state index in [4.69, 9.17) is 28.9 Å². The fraction of sp³-hybridized carbons (Fsp3) is 0.471. The van der Waals surface area contributed by atoms with Crippen LogP contribution in [0.15, 0.2) is 36.4 Å². The fourth-order valence-corrected chi connectivity index (χ4v) is 6.59. The average molecular weight is 675 g/mol. The van der Waals surface area contributed by atoms with E-state index in [1.807, 2.05) is 27.7 Å². The lowest BCUT2D eigenvalue weighted by atomic mass is 9.78. The molecular weight excluding hydrogens is 632 g/mol. The predicted octanol–water partition coefficient (Wildman–Crippen LogP) is 5.14. The number of aromatic amines is 1. The standard InChI is InChI=1S/C34H42Cl2FN5O4/c1-5-18(3)28(31(38)44)41-33(46)34(14-13-26-23(17-34)22-15-21(35)16-24(36)30(22)39-26)42-32(45)29(19(4)6-2)40-27(43)12-11-20-9-7-8-10-25(20)37/h7-10,15-16,18-19,28-29,39H,5-6,11-14,17H2,1-4H3,(H2,38,44)(H,40,43)(H,41,46)(H,42,45)/t18?,19?,28-,29-,34+/m0/s1. The van der Waals surface area contributed by atoms with E-state index < -0.39 is 47.1 Å². The van der Waals surface area contributed by atoms with E-state index in [1.54, 1.807) is 30.3 Å². The number of nitrogens with one attached hydrogen (secondary N) is 4. The minimum Gasteiger partial charge on any atom is -0.368 e. The topological polar surface area (TPSA) is 146 Å². The number of amides is 4. The van der Waals surface area contributed by atoms with Gasteiger partial charge in [0.15, 0.2) is 0 Å². The number of carbonyl (C=O) groups excluding carboxylic acids is 4. The second kappa shape index (κ2) is 14.9. The number of benzene rings is 2. The molecule has 2 unspecified atom stereocenters. The molecule has 248 valence electrons. The molecule has 0 saturated carbocycles. The van der Waals surface area contributed by atoms with Crippen molar-refractivity contribution in [1.82, 2.24) is 20.9 Å². The van der Waals surface area contributed by atoms with Crippen LogP contribution in [0.5, 0.6) is 0 Å². The molecule has 1 heterocycles. The Kier molecular flexibility index (Phi) is 11.4. The SMILES string of the molecule is CCC(C)[C@H](NC(=O)[C@@]1(NC(=O)[C@@H](NC(=O)CCc2ccccc2F)C(C)CC)CCc2[nH]c3c(Cl)cc(Cl)cc3c2C1)C(N)=O. The predicted molar refractivity (Wildman–Crippen MR) is 178 cm³/mol. The first-order chi connectivity index (χ1) is 21.8. The van der Waals surface area contributed by atoms with Crippen molar-refractivity contribution in [3.05, 3.63) is 69.1 Å². The number of carbonyl (C=O) groups is 4. The second-order valence-corrected chi connectivity index (χ2v) is 13.2. The third kappa shape index (κ3) is 7.66. The fourth-order valence-electron chi connectivity index (χ4n) is 6.05. The number of halogens is 3. The van der Waals surface area contributed by atoms with Gasteiger partial charge in [0.1, 0.15) is 23.4 Å². The van der Waals surface area contributed by atoms with Gasteiger partial charge in [-0.3, -0.25) is 19.2 Å². The molecule has 2 aromatic carbocycles. The highest BCUT2D eigenvalue weighted by atomic mass is 35.5. The molecule has 12 heteroatoms. The van der Waals surface area contributed by atoms with Gasteiger partial charge < -0.3 is 26.7 Å². The van der Waals surface area contributed by atoms with Gasteiger partial charge in [-0.15, -0.1) is 0 Å². The van der Waals surface area contributed by atoms with Crippen LogP contribution in [0, 0.1) is 17.7 Å². The Morgan fingerprint density at radius 1 is 1.02 bits per heavy atom. The van der Waals surface area contributed by atoms with E-state index in [9.17, 15) is 23.6 Å². The van der Waals surface area contributed by atoms with Crippen molar-refractivity contribution in [1.29, 1.82) is 0 Å². The Hall–Kier alpha value is -3.63. The summed E-state index contributed by atoms with van der Waals surface area (Å²) < 4.78 is 14.1. The molecule has 46 heavy (non-hydrogen) atoms.